The van der Waals surface area contributed by atoms with Crippen LogP contribution in [0, 0.1) is 23.2 Å². The van der Waals surface area contributed by atoms with Crippen LogP contribution >= 0.6 is 0 Å². The minimum absolute atomic E-state index is 0. The van der Waals surface area contributed by atoms with Crippen molar-refractivity contribution >= 4 is 17.6 Å². The first-order chi connectivity index (χ1) is 10.2. The molecule has 0 aliphatic heterocycles. The summed E-state index contributed by atoms with van der Waals surface area (Å²) in [5.74, 6) is -4.20. The fraction of sp³-hybridized carbons (Fsp3) is 0.308. The zero-order valence-corrected chi connectivity index (χ0v) is 13.8. The molecule has 1 N–H and O–H groups in total. The number of aliphatic carboxylic acids is 1. The van der Waals surface area contributed by atoms with E-state index in [2.05, 4.69) is 10.1 Å². The molecule has 1 aromatic rings. The summed E-state index contributed by atoms with van der Waals surface area (Å²) in [6.45, 7) is 0. The Balaban J connectivity index is 0.00000264. The molecule has 0 saturated heterocycles. The topological polar surface area (TPSA) is 102 Å². The van der Waals surface area contributed by atoms with E-state index in [-0.39, 0.29) is 41.7 Å². The second-order valence-corrected chi connectivity index (χ2v) is 4.63. The summed E-state index contributed by atoms with van der Waals surface area (Å²) in [6.07, 6.45) is -4.79. The second kappa shape index (κ2) is 7.21. The summed E-state index contributed by atoms with van der Waals surface area (Å²) >= 11 is 0. The van der Waals surface area contributed by atoms with Crippen LogP contribution in [0.25, 0.3) is 0 Å². The standard InChI is InChI=1S/C13H9F3N2O4.Na/c14-13(15,16)22-10-2-1-7(3-6(10)5-17)18-11(19)8-4-9(8)12(20)21;/h1-3,8-9H,4H2,(H,18,19)(H,20,21);/q;+1/p-1/t8-,9+;/m0./s1. The maximum absolute atomic E-state index is 12.1. The Kier molecular flexibility index (Phi) is 6.04. The Bertz CT molecular complexity index is 672. The summed E-state index contributed by atoms with van der Waals surface area (Å²) in [5, 5.41) is 21.7. The van der Waals surface area contributed by atoms with E-state index < -0.39 is 41.4 Å². The second-order valence-electron chi connectivity index (χ2n) is 4.63. The van der Waals surface area contributed by atoms with Gasteiger partial charge in [0.15, 0.2) is 0 Å². The molecule has 0 heterocycles. The predicted octanol–water partition coefficient (Wildman–Crippen LogP) is -2.21. The summed E-state index contributed by atoms with van der Waals surface area (Å²) in [4.78, 5) is 22.3. The molecule has 1 aromatic carbocycles. The van der Waals surface area contributed by atoms with Crippen LogP contribution in [0.15, 0.2) is 18.2 Å². The Morgan fingerprint density at radius 1 is 1.35 bits per heavy atom. The molecule has 6 nitrogen and oxygen atoms in total. The zero-order chi connectivity index (χ0) is 16.5. The Morgan fingerprint density at radius 3 is 2.48 bits per heavy atom. The Morgan fingerprint density at radius 2 is 2.00 bits per heavy atom. The molecule has 0 bridgehead atoms. The zero-order valence-electron chi connectivity index (χ0n) is 11.8. The van der Waals surface area contributed by atoms with Crippen molar-refractivity contribution in [2.45, 2.75) is 12.8 Å². The fourth-order valence-electron chi connectivity index (χ4n) is 1.89. The number of benzene rings is 1. The van der Waals surface area contributed by atoms with Gasteiger partial charge in [-0.25, -0.2) is 0 Å². The van der Waals surface area contributed by atoms with Gasteiger partial charge in [-0.15, -0.1) is 13.2 Å². The van der Waals surface area contributed by atoms with Gasteiger partial charge in [0.25, 0.3) is 0 Å². The van der Waals surface area contributed by atoms with Crippen LogP contribution < -0.4 is 44.7 Å². The smallest absolute Gasteiger partial charge is 0.550 e. The number of nitrogens with zero attached hydrogens (tertiary/aromatic N) is 1. The van der Waals surface area contributed by atoms with Gasteiger partial charge in [0.05, 0.1) is 5.56 Å². The van der Waals surface area contributed by atoms with Gasteiger partial charge in [-0.05, 0) is 24.6 Å². The number of nitrogens with one attached hydrogen (secondary N) is 1. The molecule has 0 radical (unpaired) electrons. The summed E-state index contributed by atoms with van der Waals surface area (Å²) in [5.41, 5.74) is -0.345. The number of carbonyl (C=O) groups is 2. The van der Waals surface area contributed by atoms with Crippen molar-refractivity contribution in [3.8, 4) is 11.8 Å². The number of carbonyl (C=O) groups excluding carboxylic acids is 2. The number of amides is 1. The Labute approximate surface area is 150 Å². The van der Waals surface area contributed by atoms with Crippen molar-refractivity contribution in [2.24, 2.45) is 11.8 Å². The maximum Gasteiger partial charge on any atom is 1.00 e. The SMILES string of the molecule is N#Cc1cc(NC(=O)[C@H]2C[C@H]2C(=O)[O-])ccc1OC(F)(F)F.[Na+]. The summed E-state index contributed by atoms with van der Waals surface area (Å²) < 4.78 is 40.1. The van der Waals surface area contributed by atoms with E-state index in [0.29, 0.717) is 0 Å². The number of rotatable bonds is 4. The van der Waals surface area contributed by atoms with Crippen LogP contribution in [0.5, 0.6) is 5.75 Å². The molecule has 0 unspecified atom stereocenters. The molecule has 1 aliphatic rings. The predicted molar refractivity (Wildman–Crippen MR) is 63.1 cm³/mol. The van der Waals surface area contributed by atoms with E-state index >= 15 is 0 Å². The number of hydrogen-bond acceptors (Lipinski definition) is 5. The summed E-state index contributed by atoms with van der Waals surface area (Å²) in [7, 11) is 0. The first-order valence-electron chi connectivity index (χ1n) is 6.03. The van der Waals surface area contributed by atoms with Gasteiger partial charge in [-0.3, -0.25) is 4.79 Å². The molecule has 2 atom stereocenters. The molecule has 116 valence electrons. The van der Waals surface area contributed by atoms with Gasteiger partial charge in [0.2, 0.25) is 5.91 Å². The average Bonchev–Trinajstić information content (AvgIpc) is 3.19. The van der Waals surface area contributed by atoms with Crippen LogP contribution in [-0.2, 0) is 9.59 Å². The number of alkyl halides is 3. The van der Waals surface area contributed by atoms with E-state index in [1.807, 2.05) is 0 Å². The minimum Gasteiger partial charge on any atom is -0.550 e. The molecule has 0 spiro atoms. The number of halogens is 3. The van der Waals surface area contributed by atoms with Gasteiger partial charge in [-0.1, -0.05) is 0 Å². The number of anilines is 1. The number of carboxylic acids is 1. The molecule has 1 fully saturated rings. The van der Waals surface area contributed by atoms with Crippen molar-refractivity contribution in [2.75, 3.05) is 5.32 Å². The van der Waals surface area contributed by atoms with Crippen LogP contribution in [0.3, 0.4) is 0 Å². The van der Waals surface area contributed by atoms with Crippen LogP contribution in [0.4, 0.5) is 18.9 Å². The molecule has 0 aromatic heterocycles. The first kappa shape index (κ1) is 19.3. The van der Waals surface area contributed by atoms with Crippen molar-refractivity contribution in [1.29, 1.82) is 5.26 Å². The van der Waals surface area contributed by atoms with E-state index in [0.717, 1.165) is 18.2 Å². The Hall–Kier alpha value is -1.76. The normalized spacial score (nSPS) is 19.0. The monoisotopic (exact) mass is 336 g/mol. The maximum atomic E-state index is 12.1. The molecule has 1 amide bonds. The molecule has 10 heteroatoms. The quantitative estimate of drug-likeness (QED) is 0.628. The van der Waals surface area contributed by atoms with E-state index in [4.69, 9.17) is 5.26 Å². The third kappa shape index (κ3) is 5.13. The molecule has 23 heavy (non-hydrogen) atoms. The third-order valence-corrected chi connectivity index (χ3v) is 3.02. The summed E-state index contributed by atoms with van der Waals surface area (Å²) in [6, 6.07) is 4.55. The van der Waals surface area contributed by atoms with Gasteiger partial charge in [0, 0.05) is 23.5 Å². The van der Waals surface area contributed by atoms with Crippen molar-refractivity contribution in [3.63, 3.8) is 0 Å². The average molecular weight is 336 g/mol. The minimum atomic E-state index is -4.94. The van der Waals surface area contributed by atoms with Gasteiger partial charge in [-0.2, -0.15) is 5.26 Å². The fourth-order valence-corrected chi connectivity index (χ4v) is 1.89. The van der Waals surface area contributed by atoms with Crippen LogP contribution in [0.1, 0.15) is 12.0 Å². The van der Waals surface area contributed by atoms with Crippen molar-refractivity contribution in [1.82, 2.24) is 0 Å². The van der Waals surface area contributed by atoms with Crippen LogP contribution in [0.2, 0.25) is 0 Å². The van der Waals surface area contributed by atoms with Gasteiger partial charge in [0.1, 0.15) is 11.8 Å². The van der Waals surface area contributed by atoms with Gasteiger partial charge < -0.3 is 20.0 Å². The van der Waals surface area contributed by atoms with Crippen LogP contribution in [-0.4, -0.2) is 18.2 Å². The van der Waals surface area contributed by atoms with E-state index in [1.54, 1.807) is 0 Å². The first-order valence-corrected chi connectivity index (χ1v) is 6.03. The van der Waals surface area contributed by atoms with Gasteiger partial charge >= 0.3 is 35.9 Å². The van der Waals surface area contributed by atoms with Crippen molar-refractivity contribution < 1.29 is 62.2 Å². The number of ether oxygens (including phenoxy) is 1. The van der Waals surface area contributed by atoms with E-state index in [1.165, 1.54) is 6.07 Å². The molecule has 1 saturated carbocycles. The third-order valence-electron chi connectivity index (χ3n) is 3.02. The molecular formula is C13H8F3N2NaO4. The number of carboxylic acid groups (broad SMARTS) is 1. The number of hydrogen-bond donors (Lipinski definition) is 1. The largest absolute Gasteiger partial charge is 1.00 e. The van der Waals surface area contributed by atoms with E-state index in [9.17, 15) is 27.9 Å². The molecule has 1 aliphatic carbocycles. The molecule has 2 rings (SSSR count). The number of nitriles is 1. The van der Waals surface area contributed by atoms with Crippen molar-refractivity contribution in [3.05, 3.63) is 23.8 Å². The molecular weight excluding hydrogens is 328 g/mol.